The lowest BCUT2D eigenvalue weighted by Gasteiger charge is -2.27. The van der Waals surface area contributed by atoms with Crippen molar-refractivity contribution in [2.45, 2.75) is 20.3 Å². The van der Waals surface area contributed by atoms with E-state index in [1.54, 1.807) is 0 Å². The van der Waals surface area contributed by atoms with E-state index in [2.05, 4.69) is 72.8 Å². The van der Waals surface area contributed by atoms with Crippen molar-refractivity contribution in [2.75, 3.05) is 0 Å². The lowest BCUT2D eigenvalue weighted by Crippen LogP contribution is -2.18. The lowest BCUT2D eigenvalue weighted by atomic mass is 10.1. The van der Waals surface area contributed by atoms with Gasteiger partial charge in [-0.1, -0.05) is 60.7 Å². The maximum Gasteiger partial charge on any atom is 0.0435 e. The predicted molar refractivity (Wildman–Crippen MR) is 90.2 cm³/mol. The summed E-state index contributed by atoms with van der Waals surface area (Å²) in [5, 5.41) is 1.03. The maximum absolute atomic E-state index is 2.35. The van der Waals surface area contributed by atoms with E-state index >= 15 is 0 Å². The van der Waals surface area contributed by atoms with E-state index in [0.29, 0.717) is 10.5 Å². The smallest absolute Gasteiger partial charge is 0.0435 e. The summed E-state index contributed by atoms with van der Waals surface area (Å²) in [5.41, 5.74) is 2.69. The van der Waals surface area contributed by atoms with Gasteiger partial charge in [-0.15, -0.1) is 23.5 Å². The van der Waals surface area contributed by atoms with Gasteiger partial charge in [-0.2, -0.15) is 0 Å². The lowest BCUT2D eigenvalue weighted by molar-refractivity contribution is 1.08. The van der Waals surface area contributed by atoms with Crippen LogP contribution in [0.5, 0.6) is 0 Å². The van der Waals surface area contributed by atoms with Gasteiger partial charge in [0.05, 0.1) is 0 Å². The molecule has 20 heavy (non-hydrogen) atoms. The highest BCUT2D eigenvalue weighted by atomic mass is 32.2. The molecule has 0 nitrogen and oxygen atoms in total. The average molecular weight is 294 g/mol. The molecule has 0 aromatic heterocycles. The topological polar surface area (TPSA) is 0 Å². The average Bonchev–Trinajstić information content (AvgIpc) is 2.54. The second-order valence-electron chi connectivity index (χ2n) is 4.96. The van der Waals surface area contributed by atoms with Gasteiger partial charge < -0.3 is 0 Å². The molecule has 0 amide bonds. The molecule has 2 aliphatic heterocycles. The third-order valence-corrected chi connectivity index (χ3v) is 6.49. The summed E-state index contributed by atoms with van der Waals surface area (Å²) in [6, 6.07) is 17.3. The molecule has 98 valence electrons. The van der Waals surface area contributed by atoms with E-state index in [4.69, 9.17) is 0 Å². The van der Waals surface area contributed by atoms with E-state index in [1.807, 2.05) is 23.5 Å². The number of hydrogen-bond donors (Lipinski definition) is 0. The first-order valence-corrected chi connectivity index (χ1v) is 8.54. The van der Waals surface area contributed by atoms with Gasteiger partial charge in [0.2, 0.25) is 0 Å². The van der Waals surface area contributed by atoms with Crippen molar-refractivity contribution in [3.05, 3.63) is 71.8 Å². The van der Waals surface area contributed by atoms with Crippen LogP contribution in [0.25, 0.3) is 12.2 Å². The summed E-state index contributed by atoms with van der Waals surface area (Å²) >= 11 is 3.96. The fourth-order valence-corrected chi connectivity index (χ4v) is 5.12. The maximum atomic E-state index is 2.35. The number of benzene rings is 2. The summed E-state index contributed by atoms with van der Waals surface area (Å²) in [7, 11) is 0. The summed E-state index contributed by atoms with van der Waals surface area (Å²) in [5.74, 6) is 0. The first kappa shape index (κ1) is 12.4. The molecule has 0 bridgehead atoms. The largest absolute Gasteiger partial charge is 0.116 e. The molecule has 2 heterocycles. The monoisotopic (exact) mass is 294 g/mol. The first-order valence-electron chi connectivity index (χ1n) is 6.78. The van der Waals surface area contributed by atoms with Crippen molar-refractivity contribution in [2.24, 2.45) is 0 Å². The first-order chi connectivity index (χ1) is 9.90. The second-order valence-corrected chi connectivity index (χ2v) is 7.40. The van der Waals surface area contributed by atoms with E-state index in [1.165, 1.54) is 20.9 Å². The SMILES string of the molecule is C1=CC(C2C=Cc3ccccc3S2)Sc2ccccc21. The highest BCUT2D eigenvalue weighted by Gasteiger charge is 2.25. The summed E-state index contributed by atoms with van der Waals surface area (Å²) in [4.78, 5) is 2.79. The van der Waals surface area contributed by atoms with E-state index in [0.717, 1.165) is 0 Å². The molecule has 2 atom stereocenters. The minimum absolute atomic E-state index is 0.513. The van der Waals surface area contributed by atoms with E-state index < -0.39 is 0 Å². The number of hydrogen-bond acceptors (Lipinski definition) is 2. The fourth-order valence-electron chi connectivity index (χ4n) is 2.57. The Balaban J connectivity index is 1.60. The van der Waals surface area contributed by atoms with E-state index in [9.17, 15) is 0 Å². The molecule has 0 aliphatic carbocycles. The second kappa shape index (κ2) is 5.19. The van der Waals surface area contributed by atoms with Crippen molar-refractivity contribution in [1.82, 2.24) is 0 Å². The Bertz CT molecular complexity index is 639. The van der Waals surface area contributed by atoms with Crippen LogP contribution in [0.4, 0.5) is 0 Å². The van der Waals surface area contributed by atoms with Crippen LogP contribution in [0.2, 0.25) is 0 Å². The Hall–Kier alpha value is -1.38. The highest BCUT2D eigenvalue weighted by molar-refractivity contribution is 8.04. The molecule has 4 rings (SSSR count). The van der Waals surface area contributed by atoms with Crippen LogP contribution < -0.4 is 0 Å². The highest BCUT2D eigenvalue weighted by Crippen LogP contribution is 2.43. The van der Waals surface area contributed by atoms with Crippen LogP contribution in [-0.4, -0.2) is 10.5 Å². The molecule has 0 spiro atoms. The van der Waals surface area contributed by atoms with Crippen LogP contribution >= 0.6 is 23.5 Å². The fraction of sp³-hybridized carbons (Fsp3) is 0.111. The number of fused-ring (bicyclic) bond motifs is 2. The molecule has 0 fully saturated rings. The molecule has 2 aliphatic rings. The molecular weight excluding hydrogens is 280 g/mol. The number of thioether (sulfide) groups is 2. The van der Waals surface area contributed by atoms with Crippen LogP contribution in [0.3, 0.4) is 0 Å². The third kappa shape index (κ3) is 2.23. The minimum atomic E-state index is 0.513. The van der Waals surface area contributed by atoms with Gasteiger partial charge in [0, 0.05) is 20.3 Å². The standard InChI is InChI=1S/C18H14S2/c1-3-7-15-13(5-1)9-11-17(19-15)18-12-10-14-6-2-4-8-16(14)20-18/h1-12,17-18H. The van der Waals surface area contributed by atoms with Gasteiger partial charge >= 0.3 is 0 Å². The van der Waals surface area contributed by atoms with Crippen LogP contribution in [0.1, 0.15) is 11.1 Å². The van der Waals surface area contributed by atoms with Crippen molar-refractivity contribution in [3.63, 3.8) is 0 Å². The van der Waals surface area contributed by atoms with Gasteiger partial charge in [-0.3, -0.25) is 0 Å². The summed E-state index contributed by atoms with van der Waals surface area (Å²) in [6.07, 6.45) is 9.24. The Labute approximate surface area is 128 Å². The molecular formula is C18H14S2. The van der Waals surface area contributed by atoms with Gasteiger partial charge in [0.15, 0.2) is 0 Å². The van der Waals surface area contributed by atoms with Gasteiger partial charge in [-0.05, 0) is 23.3 Å². The minimum Gasteiger partial charge on any atom is -0.116 e. The van der Waals surface area contributed by atoms with Gasteiger partial charge in [0.25, 0.3) is 0 Å². The Morgan fingerprint density at radius 1 is 0.600 bits per heavy atom. The van der Waals surface area contributed by atoms with Crippen LogP contribution in [0, 0.1) is 0 Å². The zero-order chi connectivity index (χ0) is 13.4. The molecule has 0 N–H and O–H groups in total. The van der Waals surface area contributed by atoms with Crippen molar-refractivity contribution in [3.8, 4) is 0 Å². The van der Waals surface area contributed by atoms with Crippen molar-refractivity contribution < 1.29 is 0 Å². The quantitative estimate of drug-likeness (QED) is 0.694. The zero-order valence-corrected chi connectivity index (χ0v) is 12.5. The van der Waals surface area contributed by atoms with Gasteiger partial charge in [-0.25, -0.2) is 0 Å². The summed E-state index contributed by atoms with van der Waals surface area (Å²) < 4.78 is 0. The molecule has 0 saturated carbocycles. The predicted octanol–water partition coefficient (Wildman–Crippen LogP) is 5.36. The van der Waals surface area contributed by atoms with Crippen LogP contribution in [0.15, 0.2) is 70.5 Å². The van der Waals surface area contributed by atoms with Crippen molar-refractivity contribution in [1.29, 1.82) is 0 Å². The number of rotatable bonds is 1. The van der Waals surface area contributed by atoms with Crippen LogP contribution in [-0.2, 0) is 0 Å². The Kier molecular flexibility index (Phi) is 3.21. The van der Waals surface area contributed by atoms with E-state index in [-0.39, 0.29) is 0 Å². The molecule has 2 aromatic rings. The summed E-state index contributed by atoms with van der Waals surface area (Å²) in [6.45, 7) is 0. The normalized spacial score (nSPS) is 23.2. The Morgan fingerprint density at radius 3 is 1.55 bits per heavy atom. The van der Waals surface area contributed by atoms with Crippen molar-refractivity contribution >= 4 is 35.7 Å². The zero-order valence-electron chi connectivity index (χ0n) is 10.9. The van der Waals surface area contributed by atoms with Gasteiger partial charge in [0.1, 0.15) is 0 Å². The molecule has 2 unspecified atom stereocenters. The molecule has 0 radical (unpaired) electrons. The Morgan fingerprint density at radius 2 is 1.05 bits per heavy atom. The third-order valence-electron chi connectivity index (χ3n) is 3.62. The molecule has 0 saturated heterocycles. The molecule has 2 heteroatoms. The molecule has 2 aromatic carbocycles.